The van der Waals surface area contributed by atoms with E-state index in [9.17, 15) is 10.2 Å². The average Bonchev–Trinajstić information content (AvgIpc) is 2.83. The van der Waals surface area contributed by atoms with Crippen molar-refractivity contribution in [2.75, 3.05) is 18.5 Å². The van der Waals surface area contributed by atoms with E-state index in [0.29, 0.717) is 28.7 Å². The van der Waals surface area contributed by atoms with Gasteiger partial charge in [0.25, 0.3) is 0 Å². The van der Waals surface area contributed by atoms with E-state index in [4.69, 9.17) is 0 Å². The molecule has 0 unspecified atom stereocenters. The normalized spacial score (nSPS) is 11.6. The number of fused-ring (bicyclic) bond motifs is 2. The molecule has 4 aromatic rings. The Morgan fingerprint density at radius 3 is 2.31 bits per heavy atom. The minimum Gasteiger partial charge on any atom is -0.505 e. The molecule has 4 aromatic carbocycles. The quantitative estimate of drug-likeness (QED) is 0.182. The van der Waals surface area contributed by atoms with Gasteiger partial charge in [-0.3, -0.25) is 4.99 Å². The highest BCUT2D eigenvalue weighted by Crippen LogP contribution is 2.49. The van der Waals surface area contributed by atoms with Crippen LogP contribution in [-0.4, -0.2) is 30.0 Å². The van der Waals surface area contributed by atoms with Crippen LogP contribution < -0.4 is 4.90 Å². The van der Waals surface area contributed by atoms with E-state index in [1.54, 1.807) is 0 Å². The van der Waals surface area contributed by atoms with Gasteiger partial charge < -0.3 is 15.1 Å². The number of phenols is 2. The number of aromatic hydroxyl groups is 2. The number of nitrogens with zero attached hydrogens (tertiary/aromatic N) is 2. The van der Waals surface area contributed by atoms with Crippen molar-refractivity contribution in [3.05, 3.63) is 72.3 Å². The largest absolute Gasteiger partial charge is 0.505 e. The molecule has 0 fully saturated rings. The Bertz CT molecular complexity index is 1260. The topological polar surface area (TPSA) is 56.1 Å². The van der Waals surface area contributed by atoms with E-state index in [1.165, 1.54) is 16.3 Å². The molecule has 0 radical (unpaired) electrons. The second-order valence-corrected chi connectivity index (χ2v) is 8.25. The van der Waals surface area contributed by atoms with Gasteiger partial charge in [0.05, 0.1) is 0 Å². The van der Waals surface area contributed by atoms with Crippen LogP contribution in [0.25, 0.3) is 21.5 Å². The summed E-state index contributed by atoms with van der Waals surface area (Å²) < 4.78 is 0. The van der Waals surface area contributed by atoms with Crippen molar-refractivity contribution in [3.63, 3.8) is 0 Å². The van der Waals surface area contributed by atoms with Crippen molar-refractivity contribution in [1.82, 2.24) is 0 Å². The molecule has 0 aliphatic heterocycles. The minimum absolute atomic E-state index is 0.110. The van der Waals surface area contributed by atoms with Gasteiger partial charge in [-0.15, -0.1) is 0 Å². The molecule has 0 saturated heterocycles. The monoisotopic (exact) mass is 426 g/mol. The summed E-state index contributed by atoms with van der Waals surface area (Å²) in [6.45, 7) is 2.82. The molecule has 4 rings (SSSR count). The molecule has 0 spiro atoms. The van der Waals surface area contributed by atoms with Gasteiger partial charge in [-0.1, -0.05) is 80.1 Å². The first-order chi connectivity index (χ1) is 15.6. The van der Waals surface area contributed by atoms with Crippen LogP contribution in [0.4, 0.5) is 11.4 Å². The molecule has 0 saturated carbocycles. The van der Waals surface area contributed by atoms with Gasteiger partial charge in [-0.05, 0) is 35.6 Å². The zero-order valence-corrected chi connectivity index (χ0v) is 18.8. The SMILES string of the molecule is CCCCC=Nc1c(N(C)CCc2ccc3ccccc3c2)c(O)c2ccccc2c1O. The first kappa shape index (κ1) is 21.7. The third-order valence-corrected chi connectivity index (χ3v) is 5.95. The standard InChI is InChI=1S/C28H30N2O2/c1-3-4-9-17-29-25-26(28(32)24-13-8-7-12-23(24)27(25)31)30(2)18-16-20-14-15-21-10-5-6-11-22(21)19-20/h5-8,10-15,17,19,31-32H,3-4,9,16,18H2,1-2H3. The van der Waals surface area contributed by atoms with Crippen LogP contribution in [0.3, 0.4) is 0 Å². The van der Waals surface area contributed by atoms with Crippen molar-refractivity contribution in [1.29, 1.82) is 0 Å². The number of rotatable bonds is 8. The predicted molar refractivity (Wildman–Crippen MR) is 136 cm³/mol. The van der Waals surface area contributed by atoms with Gasteiger partial charge in [-0.25, -0.2) is 0 Å². The van der Waals surface area contributed by atoms with Crippen molar-refractivity contribution < 1.29 is 10.2 Å². The summed E-state index contributed by atoms with van der Waals surface area (Å²) in [7, 11) is 1.94. The number of aliphatic imine (C=N–C) groups is 1. The average molecular weight is 427 g/mol. The molecular weight excluding hydrogens is 396 g/mol. The van der Waals surface area contributed by atoms with E-state index in [-0.39, 0.29) is 11.5 Å². The van der Waals surface area contributed by atoms with Crippen LogP contribution in [0.5, 0.6) is 11.5 Å². The Morgan fingerprint density at radius 1 is 0.875 bits per heavy atom. The Morgan fingerprint density at radius 2 is 1.56 bits per heavy atom. The maximum Gasteiger partial charge on any atom is 0.151 e. The van der Waals surface area contributed by atoms with Crippen LogP contribution in [-0.2, 0) is 6.42 Å². The molecule has 0 amide bonds. The van der Waals surface area contributed by atoms with Crippen molar-refractivity contribution >= 4 is 39.1 Å². The highest BCUT2D eigenvalue weighted by Gasteiger charge is 2.21. The van der Waals surface area contributed by atoms with E-state index >= 15 is 0 Å². The predicted octanol–water partition coefficient (Wildman–Crippen LogP) is 6.98. The molecule has 164 valence electrons. The Labute approximate surface area is 189 Å². The van der Waals surface area contributed by atoms with Gasteiger partial charge in [0.15, 0.2) is 5.75 Å². The number of benzene rings is 4. The molecule has 0 aliphatic rings. The maximum absolute atomic E-state index is 11.1. The van der Waals surface area contributed by atoms with Crippen molar-refractivity contribution in [2.24, 2.45) is 4.99 Å². The van der Waals surface area contributed by atoms with Gasteiger partial charge in [0.1, 0.15) is 17.1 Å². The number of hydrogen-bond donors (Lipinski definition) is 2. The lowest BCUT2D eigenvalue weighted by Gasteiger charge is -2.24. The summed E-state index contributed by atoms with van der Waals surface area (Å²) in [6.07, 6.45) is 5.61. The van der Waals surface area contributed by atoms with E-state index in [1.807, 2.05) is 48.5 Å². The first-order valence-electron chi connectivity index (χ1n) is 11.3. The molecule has 4 nitrogen and oxygen atoms in total. The van der Waals surface area contributed by atoms with E-state index < -0.39 is 0 Å². The smallest absolute Gasteiger partial charge is 0.151 e. The van der Waals surface area contributed by atoms with Crippen molar-refractivity contribution in [2.45, 2.75) is 32.6 Å². The molecule has 0 bridgehead atoms. The fourth-order valence-electron chi connectivity index (χ4n) is 4.11. The summed E-state index contributed by atoms with van der Waals surface area (Å²) in [5.74, 6) is 0.265. The number of likely N-dealkylation sites (N-methyl/N-ethyl adjacent to an activating group) is 1. The zero-order valence-electron chi connectivity index (χ0n) is 18.8. The van der Waals surface area contributed by atoms with Gasteiger partial charge in [-0.2, -0.15) is 0 Å². The summed E-state index contributed by atoms with van der Waals surface area (Å²) >= 11 is 0. The highest BCUT2D eigenvalue weighted by atomic mass is 16.3. The van der Waals surface area contributed by atoms with Gasteiger partial charge in [0, 0.05) is 30.6 Å². The summed E-state index contributed by atoms with van der Waals surface area (Å²) in [5, 5.41) is 25.8. The Kier molecular flexibility index (Phi) is 6.60. The van der Waals surface area contributed by atoms with Crippen LogP contribution >= 0.6 is 0 Å². The maximum atomic E-state index is 11.1. The second kappa shape index (κ2) is 9.73. The number of anilines is 1. The minimum atomic E-state index is 0.110. The summed E-state index contributed by atoms with van der Waals surface area (Å²) in [4.78, 5) is 6.58. The van der Waals surface area contributed by atoms with Crippen molar-refractivity contribution in [3.8, 4) is 11.5 Å². The fraction of sp³-hybridized carbons (Fsp3) is 0.250. The Balaban J connectivity index is 1.67. The molecule has 32 heavy (non-hydrogen) atoms. The number of hydrogen-bond acceptors (Lipinski definition) is 4. The second-order valence-electron chi connectivity index (χ2n) is 8.25. The third kappa shape index (κ3) is 4.40. The van der Waals surface area contributed by atoms with Crippen LogP contribution in [0.1, 0.15) is 31.7 Å². The molecular formula is C28H30N2O2. The zero-order chi connectivity index (χ0) is 22.5. The fourth-order valence-corrected chi connectivity index (χ4v) is 4.11. The van der Waals surface area contributed by atoms with Crippen LogP contribution in [0, 0.1) is 0 Å². The summed E-state index contributed by atoms with van der Waals surface area (Å²) in [5.41, 5.74) is 2.22. The van der Waals surface area contributed by atoms with Gasteiger partial charge in [0.2, 0.25) is 0 Å². The first-order valence-corrected chi connectivity index (χ1v) is 11.3. The lowest BCUT2D eigenvalue weighted by molar-refractivity contribution is 0.470. The van der Waals surface area contributed by atoms with Crippen LogP contribution in [0.2, 0.25) is 0 Å². The van der Waals surface area contributed by atoms with Gasteiger partial charge >= 0.3 is 0 Å². The molecule has 4 heteroatoms. The molecule has 0 aromatic heterocycles. The highest BCUT2D eigenvalue weighted by molar-refractivity contribution is 6.04. The third-order valence-electron chi connectivity index (χ3n) is 5.95. The molecule has 0 heterocycles. The molecule has 2 N–H and O–H groups in total. The van der Waals surface area contributed by atoms with Crippen LogP contribution in [0.15, 0.2) is 71.7 Å². The number of phenolic OH excluding ortho intramolecular Hbond substituents is 2. The van der Waals surface area contributed by atoms with E-state index in [0.717, 1.165) is 25.7 Å². The lowest BCUT2D eigenvalue weighted by Crippen LogP contribution is -2.20. The van der Waals surface area contributed by atoms with E-state index in [2.05, 4.69) is 48.3 Å². The molecule has 0 atom stereocenters. The summed E-state index contributed by atoms with van der Waals surface area (Å²) in [6, 6.07) is 22.2. The molecule has 0 aliphatic carbocycles. The lowest BCUT2D eigenvalue weighted by atomic mass is 10.0. The Hall–Kier alpha value is -3.53. The number of unbranched alkanes of at least 4 members (excludes halogenated alkanes) is 2.